The first-order chi connectivity index (χ1) is 9.63. The molecule has 0 fully saturated rings. The average Bonchev–Trinajstić information content (AvgIpc) is 3.05. The molecule has 0 atom stereocenters. The van der Waals surface area contributed by atoms with Crippen molar-refractivity contribution in [3.05, 3.63) is 11.1 Å². The molecule has 2 rings (SSSR count). The van der Waals surface area contributed by atoms with Crippen LogP contribution in [0.15, 0.2) is 14.1 Å². The lowest BCUT2D eigenvalue weighted by Gasteiger charge is -2.14. The maximum absolute atomic E-state index is 11.5. The predicted molar refractivity (Wildman–Crippen MR) is 87.1 cm³/mol. The van der Waals surface area contributed by atoms with E-state index in [1.54, 1.807) is 46.7 Å². The molecular weight excluding hydrogens is 332 g/mol. The maximum Gasteiger partial charge on any atom is 0.225 e. The Morgan fingerprint density at radius 1 is 1.40 bits per heavy atom. The number of nitrogens with zero attached hydrogens (tertiary/aromatic N) is 4. The summed E-state index contributed by atoms with van der Waals surface area (Å²) in [5.41, 5.74) is 0.968. The summed E-state index contributed by atoms with van der Waals surface area (Å²) in [4.78, 5) is 17.6. The Labute approximate surface area is 134 Å². The topological polar surface area (TPSA) is 59.0 Å². The largest absolute Gasteiger partial charge is 0.289 e. The molecule has 2 heterocycles. The molecule has 108 valence electrons. The Morgan fingerprint density at radius 2 is 2.15 bits per heavy atom. The Hall–Kier alpha value is -0.640. The first-order valence-electron chi connectivity index (χ1n) is 5.86. The average molecular weight is 347 g/mol. The number of carbonyl (C=O) groups is 1. The van der Waals surface area contributed by atoms with Crippen LogP contribution in [0, 0.1) is 0 Å². The van der Waals surface area contributed by atoms with E-state index in [0.29, 0.717) is 6.54 Å². The van der Waals surface area contributed by atoms with Gasteiger partial charge in [0.2, 0.25) is 5.91 Å². The highest BCUT2D eigenvalue weighted by Crippen LogP contribution is 2.31. The van der Waals surface area contributed by atoms with Crippen molar-refractivity contribution in [1.29, 1.82) is 0 Å². The van der Waals surface area contributed by atoms with Gasteiger partial charge in [0, 0.05) is 24.6 Å². The van der Waals surface area contributed by atoms with E-state index in [1.807, 2.05) is 18.6 Å². The Morgan fingerprint density at radius 3 is 2.75 bits per heavy atom. The third kappa shape index (κ3) is 3.94. The van der Waals surface area contributed by atoms with Gasteiger partial charge in [-0.25, -0.2) is 4.98 Å². The fourth-order valence-corrected chi connectivity index (χ4v) is 4.82. The van der Waals surface area contributed by atoms with Crippen molar-refractivity contribution in [2.75, 3.05) is 17.7 Å². The minimum absolute atomic E-state index is 0.0230. The molecule has 5 nitrogen and oxygen atoms in total. The Bertz CT molecular complexity index is 582. The third-order valence-corrected chi connectivity index (χ3v) is 6.35. The molecule has 0 saturated carbocycles. The van der Waals surface area contributed by atoms with Crippen LogP contribution >= 0.6 is 46.2 Å². The van der Waals surface area contributed by atoms with Crippen molar-refractivity contribution in [3.63, 3.8) is 0 Å². The highest BCUT2D eigenvalue weighted by atomic mass is 32.2. The zero-order valence-corrected chi connectivity index (χ0v) is 14.6. The number of anilines is 1. The van der Waals surface area contributed by atoms with Crippen LogP contribution in [0.4, 0.5) is 5.13 Å². The monoisotopic (exact) mass is 346 g/mol. The van der Waals surface area contributed by atoms with Crippen LogP contribution in [-0.4, -0.2) is 33.9 Å². The zero-order valence-electron chi connectivity index (χ0n) is 11.3. The van der Waals surface area contributed by atoms with Crippen LogP contribution in [0.2, 0.25) is 0 Å². The lowest BCUT2D eigenvalue weighted by atomic mass is 10.5. The van der Waals surface area contributed by atoms with Gasteiger partial charge in [-0.15, -0.1) is 21.5 Å². The Balaban J connectivity index is 1.97. The summed E-state index contributed by atoms with van der Waals surface area (Å²) in [6.07, 6.45) is 1.99. The third-order valence-electron chi connectivity index (χ3n) is 2.37. The molecule has 0 N–H and O–H groups in total. The second-order valence-corrected chi connectivity index (χ2v) is 7.80. The van der Waals surface area contributed by atoms with Crippen molar-refractivity contribution < 1.29 is 4.79 Å². The van der Waals surface area contributed by atoms with Crippen molar-refractivity contribution in [2.24, 2.45) is 0 Å². The number of rotatable bonds is 6. The van der Waals surface area contributed by atoms with Gasteiger partial charge < -0.3 is 0 Å². The molecule has 0 aromatic carbocycles. The van der Waals surface area contributed by atoms with E-state index >= 15 is 0 Å². The van der Waals surface area contributed by atoms with Gasteiger partial charge >= 0.3 is 0 Å². The Kier molecular flexibility index (Phi) is 5.82. The number of aromatic nitrogens is 3. The normalized spacial score (nSPS) is 10.8. The van der Waals surface area contributed by atoms with E-state index in [0.717, 1.165) is 25.3 Å². The number of thioether (sulfide) groups is 2. The summed E-state index contributed by atoms with van der Waals surface area (Å²) in [5, 5.41) is 10.9. The highest BCUT2D eigenvalue weighted by Gasteiger charge is 2.14. The predicted octanol–water partition coefficient (Wildman–Crippen LogP) is 3.38. The zero-order chi connectivity index (χ0) is 14.5. The van der Waals surface area contributed by atoms with Crippen molar-refractivity contribution in [1.82, 2.24) is 15.2 Å². The number of amides is 1. The second-order valence-electron chi connectivity index (χ2n) is 3.71. The summed E-state index contributed by atoms with van der Waals surface area (Å²) in [7, 11) is 0. The molecule has 1 amide bonds. The molecule has 9 heteroatoms. The summed E-state index contributed by atoms with van der Waals surface area (Å²) < 4.78 is 1.92. The molecule has 0 bridgehead atoms. The molecule has 20 heavy (non-hydrogen) atoms. The lowest BCUT2D eigenvalue weighted by Crippen LogP contribution is -2.27. The van der Waals surface area contributed by atoms with Gasteiger partial charge in [-0.05, 0) is 13.2 Å². The van der Waals surface area contributed by atoms with Gasteiger partial charge in [0.1, 0.15) is 0 Å². The van der Waals surface area contributed by atoms with E-state index in [4.69, 9.17) is 0 Å². The summed E-state index contributed by atoms with van der Waals surface area (Å²) >= 11 is 6.31. The molecule has 0 spiro atoms. The van der Waals surface area contributed by atoms with Crippen LogP contribution in [0.1, 0.15) is 19.5 Å². The van der Waals surface area contributed by atoms with Gasteiger partial charge in [0.25, 0.3) is 0 Å². The number of hydrogen-bond acceptors (Lipinski definition) is 8. The van der Waals surface area contributed by atoms with Gasteiger partial charge in [-0.3, -0.25) is 9.69 Å². The lowest BCUT2D eigenvalue weighted by molar-refractivity contribution is -0.116. The molecule has 0 aliphatic heterocycles. The summed E-state index contributed by atoms with van der Waals surface area (Å²) in [6, 6.07) is 0. The number of carbonyl (C=O) groups excluding carboxylic acids is 1. The van der Waals surface area contributed by atoms with E-state index < -0.39 is 0 Å². The highest BCUT2D eigenvalue weighted by molar-refractivity contribution is 8.02. The molecular formula is C11H14N4OS4. The molecule has 0 aliphatic carbocycles. The van der Waals surface area contributed by atoms with Gasteiger partial charge in [0.15, 0.2) is 13.8 Å². The van der Waals surface area contributed by atoms with Crippen LogP contribution < -0.4 is 4.90 Å². The fourth-order valence-electron chi connectivity index (χ4n) is 1.45. The van der Waals surface area contributed by atoms with Gasteiger partial charge in [-0.1, -0.05) is 34.9 Å². The van der Waals surface area contributed by atoms with Crippen LogP contribution in [0.25, 0.3) is 0 Å². The SMILES string of the molecule is CCN(C(C)=O)c1nc(CSc2nnc(SC)s2)cs1. The first kappa shape index (κ1) is 15.7. The minimum Gasteiger partial charge on any atom is -0.289 e. The van der Waals surface area contributed by atoms with Gasteiger partial charge in [-0.2, -0.15) is 0 Å². The number of hydrogen-bond donors (Lipinski definition) is 0. The summed E-state index contributed by atoms with van der Waals surface area (Å²) in [5.74, 6) is 0.768. The van der Waals surface area contributed by atoms with Gasteiger partial charge in [0.05, 0.1) is 5.69 Å². The maximum atomic E-state index is 11.5. The van der Waals surface area contributed by atoms with Crippen LogP contribution in [0.3, 0.4) is 0 Å². The number of thiazole rings is 1. The quantitative estimate of drug-likeness (QED) is 0.747. The molecule has 0 radical (unpaired) electrons. The van der Waals surface area contributed by atoms with Crippen molar-refractivity contribution in [2.45, 2.75) is 28.3 Å². The second kappa shape index (κ2) is 7.39. The van der Waals surface area contributed by atoms with Crippen LogP contribution in [-0.2, 0) is 10.5 Å². The smallest absolute Gasteiger partial charge is 0.225 e. The standard InChI is InChI=1S/C11H14N4OS4/c1-4-15(7(2)16)9-12-8(5-18-9)6-19-11-14-13-10(17-3)20-11/h5H,4,6H2,1-3H3. The van der Waals surface area contributed by atoms with E-state index in [-0.39, 0.29) is 5.91 Å². The van der Waals surface area contributed by atoms with E-state index in [9.17, 15) is 4.79 Å². The van der Waals surface area contributed by atoms with Crippen molar-refractivity contribution >= 4 is 57.2 Å². The van der Waals surface area contributed by atoms with E-state index in [1.165, 1.54) is 11.3 Å². The molecule has 2 aromatic heterocycles. The fraction of sp³-hybridized carbons (Fsp3) is 0.455. The first-order valence-corrected chi connectivity index (χ1v) is 9.77. The van der Waals surface area contributed by atoms with E-state index in [2.05, 4.69) is 15.2 Å². The molecule has 2 aromatic rings. The minimum atomic E-state index is 0.0230. The molecule has 0 aliphatic rings. The molecule has 0 saturated heterocycles. The van der Waals surface area contributed by atoms with Crippen LogP contribution in [0.5, 0.6) is 0 Å². The van der Waals surface area contributed by atoms with Crippen molar-refractivity contribution in [3.8, 4) is 0 Å². The summed E-state index contributed by atoms with van der Waals surface area (Å²) in [6.45, 7) is 4.15. The molecule has 0 unspecified atom stereocenters.